The molecule has 4 aromatic rings. The second-order valence-corrected chi connectivity index (χ2v) is 8.77. The van der Waals surface area contributed by atoms with Crippen molar-refractivity contribution in [2.75, 3.05) is 6.54 Å². The lowest BCUT2D eigenvalue weighted by Crippen LogP contribution is -2.31. The zero-order valence-electron chi connectivity index (χ0n) is 18.7. The number of aromatic nitrogens is 3. The Morgan fingerprint density at radius 3 is 2.76 bits per heavy atom. The predicted molar refractivity (Wildman–Crippen MR) is 126 cm³/mol. The number of nitrogens with zero attached hydrogens (tertiary/aromatic N) is 4. The number of imidazole rings is 1. The first-order chi connectivity index (χ1) is 16.1. The van der Waals surface area contributed by atoms with Crippen LogP contribution in [0, 0.1) is 12.7 Å². The number of carbonyl (C=O) groups is 1. The molecule has 0 radical (unpaired) electrons. The van der Waals surface area contributed by atoms with Gasteiger partial charge >= 0.3 is 0 Å². The van der Waals surface area contributed by atoms with Crippen molar-refractivity contribution in [1.29, 1.82) is 0 Å². The molecule has 1 amide bonds. The molecule has 0 saturated carbocycles. The molecule has 0 aliphatic carbocycles. The largest absolute Gasteiger partial charge is 0.334 e. The van der Waals surface area contributed by atoms with Crippen molar-refractivity contribution in [3.05, 3.63) is 95.3 Å². The van der Waals surface area contributed by atoms with Crippen molar-refractivity contribution in [1.82, 2.24) is 19.4 Å². The van der Waals surface area contributed by atoms with Crippen LogP contribution >= 0.6 is 0 Å². The number of hydrogen-bond acceptors (Lipinski definition) is 3. The molecule has 5 rings (SSSR count). The Morgan fingerprint density at radius 2 is 1.91 bits per heavy atom. The Hall–Kier alpha value is -3.54. The summed E-state index contributed by atoms with van der Waals surface area (Å²) in [6.07, 6.45) is 4.86. The molecule has 5 nitrogen and oxygen atoms in total. The number of amides is 1. The number of likely N-dealkylation sites (tertiary alicyclic amines) is 1. The highest BCUT2D eigenvalue weighted by atomic mass is 19.1. The molecular formula is C27H27FN4O. The van der Waals surface area contributed by atoms with Crippen LogP contribution in [0.25, 0.3) is 11.0 Å². The molecule has 168 valence electrons. The van der Waals surface area contributed by atoms with E-state index in [0.29, 0.717) is 19.4 Å². The van der Waals surface area contributed by atoms with Gasteiger partial charge in [-0.05, 0) is 73.7 Å². The third-order valence-electron chi connectivity index (χ3n) is 6.36. The van der Waals surface area contributed by atoms with Gasteiger partial charge in [0, 0.05) is 25.2 Å². The smallest absolute Gasteiger partial charge is 0.224 e. The maximum absolute atomic E-state index is 13.3. The minimum Gasteiger partial charge on any atom is -0.334 e. The normalized spacial score (nSPS) is 15.9. The maximum Gasteiger partial charge on any atom is 0.224 e. The molecule has 0 bridgehead atoms. The molecule has 0 unspecified atom stereocenters. The number of hydrogen-bond donors (Lipinski definition) is 0. The van der Waals surface area contributed by atoms with Crippen LogP contribution in [-0.2, 0) is 17.8 Å². The Balaban J connectivity index is 1.30. The standard InChI is InChI=1S/C27H27FN4O/c1-19-15-21(16-20-8-10-22(28)11-9-20)17-24(30-19)26-7-4-13-32(26)27(33)12-14-31-18-29-23-5-2-3-6-25(23)31/h2-3,5-6,8-11,15,17-18,26H,4,7,12-14,16H2,1H3/t26-/m0/s1. The second kappa shape index (κ2) is 9.14. The van der Waals surface area contributed by atoms with Crippen LogP contribution in [-0.4, -0.2) is 31.9 Å². The molecule has 2 aromatic heterocycles. The lowest BCUT2D eigenvalue weighted by atomic mass is 10.0. The van der Waals surface area contributed by atoms with Crippen LogP contribution < -0.4 is 0 Å². The number of fused-ring (bicyclic) bond motifs is 1. The Kier molecular flexibility index (Phi) is 5.90. The summed E-state index contributed by atoms with van der Waals surface area (Å²) < 4.78 is 15.3. The molecule has 0 N–H and O–H groups in total. The van der Waals surface area contributed by atoms with Crippen molar-refractivity contribution >= 4 is 16.9 Å². The van der Waals surface area contributed by atoms with E-state index >= 15 is 0 Å². The van der Waals surface area contributed by atoms with Gasteiger partial charge in [-0.25, -0.2) is 9.37 Å². The fourth-order valence-electron chi connectivity index (χ4n) is 4.80. The monoisotopic (exact) mass is 442 g/mol. The zero-order valence-corrected chi connectivity index (χ0v) is 18.7. The summed E-state index contributed by atoms with van der Waals surface area (Å²) in [7, 11) is 0. The van der Waals surface area contributed by atoms with E-state index in [4.69, 9.17) is 4.98 Å². The summed E-state index contributed by atoms with van der Waals surface area (Å²) in [4.78, 5) is 24.4. The molecule has 1 fully saturated rings. The average Bonchev–Trinajstić information content (AvgIpc) is 3.46. The number of aryl methyl sites for hydroxylation is 2. The summed E-state index contributed by atoms with van der Waals surface area (Å²) in [6, 6.07) is 18.8. The first-order valence-electron chi connectivity index (χ1n) is 11.5. The summed E-state index contributed by atoms with van der Waals surface area (Å²) >= 11 is 0. The lowest BCUT2D eigenvalue weighted by Gasteiger charge is -2.25. The quantitative estimate of drug-likeness (QED) is 0.411. The van der Waals surface area contributed by atoms with Crippen molar-refractivity contribution < 1.29 is 9.18 Å². The topological polar surface area (TPSA) is 51.0 Å². The van der Waals surface area contributed by atoms with Gasteiger partial charge in [-0.3, -0.25) is 9.78 Å². The number of halogens is 1. The van der Waals surface area contributed by atoms with E-state index in [0.717, 1.165) is 52.9 Å². The van der Waals surface area contributed by atoms with E-state index in [2.05, 4.69) is 17.1 Å². The molecule has 0 spiro atoms. The first-order valence-corrected chi connectivity index (χ1v) is 11.5. The molecule has 6 heteroatoms. The molecule has 1 aliphatic heterocycles. The van der Waals surface area contributed by atoms with Gasteiger partial charge in [-0.15, -0.1) is 0 Å². The Morgan fingerprint density at radius 1 is 1.09 bits per heavy atom. The summed E-state index contributed by atoms with van der Waals surface area (Å²) in [5, 5.41) is 0. The van der Waals surface area contributed by atoms with E-state index in [1.807, 2.05) is 59.1 Å². The minimum absolute atomic E-state index is 0.00361. The van der Waals surface area contributed by atoms with Crippen molar-refractivity contribution in [2.45, 2.75) is 45.2 Å². The van der Waals surface area contributed by atoms with E-state index in [1.165, 1.54) is 12.1 Å². The third kappa shape index (κ3) is 4.65. The highest BCUT2D eigenvalue weighted by molar-refractivity contribution is 5.78. The zero-order chi connectivity index (χ0) is 22.8. The number of benzene rings is 2. The first kappa shape index (κ1) is 21.3. The van der Waals surface area contributed by atoms with Crippen LogP contribution in [0.1, 0.15) is 47.8 Å². The molecule has 3 heterocycles. The van der Waals surface area contributed by atoms with Gasteiger partial charge in [-0.2, -0.15) is 0 Å². The SMILES string of the molecule is Cc1cc(Cc2ccc(F)cc2)cc([C@@H]2CCCN2C(=O)CCn2cnc3ccccc32)n1. The van der Waals surface area contributed by atoms with Crippen molar-refractivity contribution in [3.63, 3.8) is 0 Å². The second-order valence-electron chi connectivity index (χ2n) is 8.77. The van der Waals surface area contributed by atoms with E-state index in [9.17, 15) is 9.18 Å². The van der Waals surface area contributed by atoms with Crippen molar-refractivity contribution in [3.8, 4) is 0 Å². The number of carbonyl (C=O) groups excluding carboxylic acids is 1. The van der Waals surface area contributed by atoms with Gasteiger partial charge in [0.1, 0.15) is 5.82 Å². The van der Waals surface area contributed by atoms with Gasteiger partial charge in [0.15, 0.2) is 0 Å². The van der Waals surface area contributed by atoms with Gasteiger partial charge < -0.3 is 9.47 Å². The van der Waals surface area contributed by atoms with Crippen LogP contribution in [0.4, 0.5) is 4.39 Å². The summed E-state index contributed by atoms with van der Waals surface area (Å²) in [5.41, 5.74) is 6.07. The summed E-state index contributed by atoms with van der Waals surface area (Å²) in [5.74, 6) is -0.0761. The van der Waals surface area contributed by atoms with Gasteiger partial charge in [0.25, 0.3) is 0 Å². The van der Waals surface area contributed by atoms with E-state index in [-0.39, 0.29) is 17.8 Å². The van der Waals surface area contributed by atoms with E-state index in [1.54, 1.807) is 0 Å². The number of rotatable bonds is 6. The van der Waals surface area contributed by atoms with E-state index < -0.39 is 0 Å². The molecule has 1 aliphatic rings. The molecule has 2 aromatic carbocycles. The highest BCUT2D eigenvalue weighted by Gasteiger charge is 2.31. The van der Waals surface area contributed by atoms with Crippen LogP contribution in [0.15, 0.2) is 67.0 Å². The fraction of sp³-hybridized carbons (Fsp3) is 0.296. The average molecular weight is 443 g/mol. The minimum atomic E-state index is -0.228. The maximum atomic E-state index is 13.3. The third-order valence-corrected chi connectivity index (χ3v) is 6.36. The summed E-state index contributed by atoms with van der Waals surface area (Å²) in [6.45, 7) is 3.36. The van der Waals surface area contributed by atoms with Crippen LogP contribution in [0.5, 0.6) is 0 Å². The number of pyridine rings is 1. The lowest BCUT2D eigenvalue weighted by molar-refractivity contribution is -0.132. The van der Waals surface area contributed by atoms with Gasteiger partial charge in [0.05, 0.1) is 29.1 Å². The molecule has 1 atom stereocenters. The van der Waals surface area contributed by atoms with Crippen LogP contribution in [0.3, 0.4) is 0 Å². The highest BCUT2D eigenvalue weighted by Crippen LogP contribution is 2.32. The fourth-order valence-corrected chi connectivity index (χ4v) is 4.80. The molecule has 1 saturated heterocycles. The Bertz CT molecular complexity index is 1280. The van der Waals surface area contributed by atoms with Crippen LogP contribution in [0.2, 0.25) is 0 Å². The molecule has 33 heavy (non-hydrogen) atoms. The predicted octanol–water partition coefficient (Wildman–Crippen LogP) is 5.22. The van der Waals surface area contributed by atoms with Crippen molar-refractivity contribution in [2.24, 2.45) is 0 Å². The Labute approximate surface area is 192 Å². The van der Waals surface area contributed by atoms with Gasteiger partial charge in [-0.1, -0.05) is 24.3 Å². The van der Waals surface area contributed by atoms with Gasteiger partial charge in [0.2, 0.25) is 5.91 Å². The molecular weight excluding hydrogens is 415 g/mol. The number of para-hydroxylation sites is 2.